The Kier molecular flexibility index (Phi) is 7.66. The van der Waals surface area contributed by atoms with Crippen LogP contribution in [0.25, 0.3) is 11.1 Å². The number of carbonyl (C=O) groups excluding carboxylic acids is 1. The molecule has 3 rings (SSSR count). The van der Waals surface area contributed by atoms with Gasteiger partial charge in [-0.05, 0) is 41.2 Å². The fourth-order valence-corrected chi connectivity index (χ4v) is 3.52. The van der Waals surface area contributed by atoms with Crippen LogP contribution >= 0.6 is 11.6 Å². The van der Waals surface area contributed by atoms with E-state index in [9.17, 15) is 18.0 Å². The van der Waals surface area contributed by atoms with Crippen molar-refractivity contribution in [1.82, 2.24) is 9.47 Å². The van der Waals surface area contributed by atoms with Gasteiger partial charge < -0.3 is 14.2 Å². The van der Waals surface area contributed by atoms with Crippen molar-refractivity contribution >= 4 is 17.7 Å². The summed E-state index contributed by atoms with van der Waals surface area (Å²) in [6.07, 6.45) is -4.67. The van der Waals surface area contributed by atoms with E-state index in [0.717, 1.165) is 10.6 Å². The topological polar surface area (TPSA) is 34.5 Å². The number of carbonyl (C=O) groups is 1. The number of nitrogens with zero attached hydrogens (tertiary/aromatic N) is 2. The second kappa shape index (κ2) is 10.1. The summed E-state index contributed by atoms with van der Waals surface area (Å²) in [7, 11) is 1.57. The normalized spacial score (nSPS) is 12.0. The maximum absolute atomic E-state index is 14.1. The minimum Gasteiger partial charge on any atom is -0.392 e. The molecule has 34 heavy (non-hydrogen) atoms. The van der Waals surface area contributed by atoms with Crippen molar-refractivity contribution in [3.63, 3.8) is 0 Å². The summed E-state index contributed by atoms with van der Waals surface area (Å²) in [6.45, 7) is 6.43. The van der Waals surface area contributed by atoms with Crippen LogP contribution in [0.4, 0.5) is 18.0 Å². The highest BCUT2D eigenvalue weighted by Gasteiger charge is 2.38. The summed E-state index contributed by atoms with van der Waals surface area (Å²) in [5.74, 6) is -0.161. The average Bonchev–Trinajstić information content (AvgIpc) is 3.11. The van der Waals surface area contributed by atoms with Gasteiger partial charge in [0.25, 0.3) is 0 Å². The Morgan fingerprint density at radius 2 is 1.65 bits per heavy atom. The van der Waals surface area contributed by atoms with Gasteiger partial charge in [0.1, 0.15) is 5.69 Å². The fraction of sp³-hybridized carbons (Fsp3) is 0.346. The number of amides is 1. The van der Waals surface area contributed by atoms with E-state index in [-0.39, 0.29) is 23.4 Å². The Bertz CT molecular complexity index is 1120. The second-order valence-corrected chi connectivity index (χ2v) is 9.86. The summed E-state index contributed by atoms with van der Waals surface area (Å²) < 4.78 is 48.9. The number of benzene rings is 2. The first kappa shape index (κ1) is 25.7. The van der Waals surface area contributed by atoms with Gasteiger partial charge in [-0.2, -0.15) is 13.2 Å². The Morgan fingerprint density at radius 1 is 1.03 bits per heavy atom. The molecule has 0 saturated carbocycles. The number of hydrogen-bond acceptors (Lipinski definition) is 2. The number of halogens is 4. The maximum atomic E-state index is 14.1. The van der Waals surface area contributed by atoms with Crippen LogP contribution < -0.4 is 4.74 Å². The van der Waals surface area contributed by atoms with E-state index < -0.39 is 18.0 Å². The zero-order valence-corrected chi connectivity index (χ0v) is 20.4. The Morgan fingerprint density at radius 3 is 2.21 bits per heavy atom. The van der Waals surface area contributed by atoms with Crippen LogP contribution in [0.1, 0.15) is 38.4 Å². The van der Waals surface area contributed by atoms with E-state index in [2.05, 4.69) is 0 Å². The molecule has 0 saturated heterocycles. The lowest BCUT2D eigenvalue weighted by molar-refractivity contribution is -0.143. The molecular weight excluding hydrogens is 465 g/mol. The zero-order chi connectivity index (χ0) is 25.1. The van der Waals surface area contributed by atoms with E-state index in [1.54, 1.807) is 61.6 Å². The lowest BCUT2D eigenvalue weighted by Gasteiger charge is -2.24. The average molecular weight is 493 g/mol. The van der Waals surface area contributed by atoms with Crippen molar-refractivity contribution in [2.45, 2.75) is 39.9 Å². The first-order valence-electron chi connectivity index (χ1n) is 10.9. The van der Waals surface area contributed by atoms with Gasteiger partial charge in [-0.25, -0.2) is 4.79 Å². The molecule has 0 bridgehead atoms. The molecule has 1 heterocycles. The maximum Gasteiger partial charge on any atom is 0.431 e. The van der Waals surface area contributed by atoms with Crippen LogP contribution in [-0.2, 0) is 12.7 Å². The van der Waals surface area contributed by atoms with Crippen LogP contribution in [-0.4, -0.2) is 29.2 Å². The minimum atomic E-state index is -4.65. The summed E-state index contributed by atoms with van der Waals surface area (Å²) in [6, 6.07) is 16.1. The van der Waals surface area contributed by atoms with E-state index in [0.29, 0.717) is 29.1 Å². The number of hydrogen-bond donors (Lipinski definition) is 0. The molecule has 0 radical (unpaired) electrons. The van der Waals surface area contributed by atoms with Crippen molar-refractivity contribution in [3.05, 3.63) is 76.9 Å². The molecule has 0 N–H and O–H groups in total. The molecule has 182 valence electrons. The third-order valence-electron chi connectivity index (χ3n) is 5.37. The predicted octanol–water partition coefficient (Wildman–Crippen LogP) is 7.74. The van der Waals surface area contributed by atoms with Crippen molar-refractivity contribution < 1.29 is 22.7 Å². The number of rotatable bonds is 6. The van der Waals surface area contributed by atoms with Gasteiger partial charge in [0, 0.05) is 24.2 Å². The van der Waals surface area contributed by atoms with Crippen molar-refractivity contribution in [2.24, 2.45) is 5.41 Å². The van der Waals surface area contributed by atoms with Crippen molar-refractivity contribution in [3.8, 4) is 17.0 Å². The molecule has 1 aromatic heterocycles. The monoisotopic (exact) mass is 492 g/mol. The second-order valence-electron chi connectivity index (χ2n) is 9.42. The van der Waals surface area contributed by atoms with Crippen LogP contribution in [0, 0.1) is 5.41 Å². The molecule has 0 fully saturated rings. The molecule has 2 aromatic carbocycles. The minimum absolute atomic E-state index is 0.0139. The van der Waals surface area contributed by atoms with Crippen LogP contribution in [0.3, 0.4) is 0 Å². The fourth-order valence-electron chi connectivity index (χ4n) is 3.39. The molecule has 0 unspecified atom stereocenters. The molecule has 0 aliphatic heterocycles. The van der Waals surface area contributed by atoms with Gasteiger partial charge in [0.15, 0.2) is 0 Å². The van der Waals surface area contributed by atoms with Gasteiger partial charge >= 0.3 is 12.3 Å². The van der Waals surface area contributed by atoms with Crippen molar-refractivity contribution in [1.29, 1.82) is 0 Å². The van der Waals surface area contributed by atoms with Crippen molar-refractivity contribution in [2.75, 3.05) is 13.6 Å². The summed E-state index contributed by atoms with van der Waals surface area (Å²) in [5, 5.41) is 0.448. The first-order chi connectivity index (χ1) is 15.8. The molecule has 0 atom stereocenters. The highest BCUT2D eigenvalue weighted by molar-refractivity contribution is 6.30. The third kappa shape index (κ3) is 6.56. The van der Waals surface area contributed by atoms with Gasteiger partial charge in [0.05, 0.1) is 6.54 Å². The standard InChI is InChI=1S/C26H28ClF3N2O2/c1-25(2,3)14-15-31(4)24(33)34-23-21(19-10-12-20(27)13-11-19)16-22(26(28,29)30)32(23)17-18-8-6-5-7-9-18/h5-13,16H,14-15,17H2,1-4H3. The Labute approximate surface area is 202 Å². The molecule has 3 aromatic rings. The van der Waals surface area contributed by atoms with Gasteiger partial charge in [-0.1, -0.05) is 74.8 Å². The molecular formula is C26H28ClF3N2O2. The lowest BCUT2D eigenvalue weighted by atomic mass is 9.92. The third-order valence-corrected chi connectivity index (χ3v) is 5.62. The lowest BCUT2D eigenvalue weighted by Crippen LogP contribution is -2.33. The molecule has 1 amide bonds. The van der Waals surface area contributed by atoms with Gasteiger partial charge in [0.2, 0.25) is 5.88 Å². The molecule has 8 heteroatoms. The number of aromatic nitrogens is 1. The molecule has 4 nitrogen and oxygen atoms in total. The quantitative estimate of drug-likeness (QED) is 0.352. The summed E-state index contributed by atoms with van der Waals surface area (Å²) >= 11 is 5.98. The highest BCUT2D eigenvalue weighted by atomic mass is 35.5. The SMILES string of the molecule is CN(CCC(C)(C)C)C(=O)Oc1c(-c2ccc(Cl)cc2)cc(C(F)(F)F)n1Cc1ccccc1. The van der Waals surface area contributed by atoms with Crippen LogP contribution in [0.5, 0.6) is 5.88 Å². The van der Waals surface area contributed by atoms with E-state index >= 15 is 0 Å². The molecule has 0 aliphatic carbocycles. The highest BCUT2D eigenvalue weighted by Crippen LogP contribution is 2.41. The largest absolute Gasteiger partial charge is 0.431 e. The van der Waals surface area contributed by atoms with Gasteiger partial charge in [-0.3, -0.25) is 0 Å². The first-order valence-corrected chi connectivity index (χ1v) is 11.3. The number of ether oxygens (including phenoxy) is 1. The summed E-state index contributed by atoms with van der Waals surface area (Å²) in [4.78, 5) is 14.3. The van der Waals surface area contributed by atoms with Gasteiger partial charge in [-0.15, -0.1) is 0 Å². The smallest absolute Gasteiger partial charge is 0.392 e. The zero-order valence-electron chi connectivity index (χ0n) is 19.6. The Balaban J connectivity index is 2.08. The number of alkyl halides is 3. The Hall–Kier alpha value is -2.93. The molecule has 0 aliphatic rings. The van der Waals surface area contributed by atoms with E-state index in [4.69, 9.17) is 16.3 Å². The predicted molar refractivity (Wildman–Crippen MR) is 128 cm³/mol. The van der Waals surface area contributed by atoms with E-state index in [1.807, 2.05) is 20.8 Å². The van der Waals surface area contributed by atoms with Crippen LogP contribution in [0.2, 0.25) is 5.02 Å². The van der Waals surface area contributed by atoms with Crippen LogP contribution in [0.15, 0.2) is 60.7 Å². The summed E-state index contributed by atoms with van der Waals surface area (Å²) in [5.41, 5.74) is 0.352. The molecule has 0 spiro atoms. The van der Waals surface area contributed by atoms with E-state index in [1.165, 1.54) is 4.90 Å².